The van der Waals surface area contributed by atoms with Gasteiger partial charge >= 0.3 is 11.9 Å². The fraction of sp³-hybridized carbons (Fsp3) is 0.789. The summed E-state index contributed by atoms with van der Waals surface area (Å²) >= 11 is 0. The van der Waals surface area contributed by atoms with Gasteiger partial charge < -0.3 is 4.74 Å². The molecule has 0 aromatic heterocycles. The predicted octanol–water partition coefficient (Wildman–Crippen LogP) is 5.33. The zero-order valence-corrected chi connectivity index (χ0v) is 14.1. The number of cyclic esters (lactones) is 2. The minimum Gasteiger partial charge on any atom is -0.393 e. The van der Waals surface area contributed by atoms with Gasteiger partial charge in [-0.2, -0.15) is 0 Å². The van der Waals surface area contributed by atoms with Crippen molar-refractivity contribution in [3.8, 4) is 0 Å². The van der Waals surface area contributed by atoms with Gasteiger partial charge in [0.15, 0.2) is 0 Å². The zero-order valence-electron chi connectivity index (χ0n) is 14.1. The molecule has 0 N–H and O–H groups in total. The monoisotopic (exact) mass is 308 g/mol. The second-order valence-corrected chi connectivity index (χ2v) is 6.36. The number of hydrogen-bond acceptors (Lipinski definition) is 3. The lowest BCUT2D eigenvalue weighted by molar-refractivity contribution is -0.152. The minimum absolute atomic E-state index is 0.216. The van der Waals surface area contributed by atoms with Crippen molar-refractivity contribution in [3.63, 3.8) is 0 Å². The van der Waals surface area contributed by atoms with Crippen LogP contribution in [0.2, 0.25) is 0 Å². The standard InChI is InChI=1S/C19H32O3/c1-2-3-4-5-6-7-8-9-10-11-12-13-14-15-17-16-18(20)22-19(17)21/h14-15,17H,2-13,16H2,1H3/b15-14-. The Morgan fingerprint density at radius 1 is 0.909 bits per heavy atom. The molecule has 1 heterocycles. The molecular formula is C19H32O3. The molecule has 0 aromatic rings. The average Bonchev–Trinajstić information content (AvgIpc) is 2.82. The van der Waals surface area contributed by atoms with Crippen molar-refractivity contribution >= 4 is 11.9 Å². The third kappa shape index (κ3) is 9.01. The maximum absolute atomic E-state index is 11.2. The van der Waals surface area contributed by atoms with Gasteiger partial charge in [-0.05, 0) is 12.8 Å². The molecule has 3 nitrogen and oxygen atoms in total. The molecule has 1 aliphatic heterocycles. The summed E-state index contributed by atoms with van der Waals surface area (Å²) in [6.45, 7) is 2.26. The van der Waals surface area contributed by atoms with E-state index in [0.29, 0.717) is 0 Å². The van der Waals surface area contributed by atoms with E-state index in [1.807, 2.05) is 12.2 Å². The number of carbonyl (C=O) groups excluding carboxylic acids is 2. The summed E-state index contributed by atoms with van der Waals surface area (Å²) in [7, 11) is 0. The van der Waals surface area contributed by atoms with Crippen LogP contribution in [0.25, 0.3) is 0 Å². The van der Waals surface area contributed by atoms with Gasteiger partial charge in [-0.15, -0.1) is 0 Å². The van der Waals surface area contributed by atoms with Crippen molar-refractivity contribution in [2.24, 2.45) is 5.92 Å². The largest absolute Gasteiger partial charge is 0.393 e. The van der Waals surface area contributed by atoms with Gasteiger partial charge in [-0.3, -0.25) is 9.59 Å². The molecule has 1 saturated heterocycles. The Balaban J connectivity index is 1.84. The van der Waals surface area contributed by atoms with Crippen molar-refractivity contribution in [2.75, 3.05) is 0 Å². The fourth-order valence-electron chi connectivity index (χ4n) is 2.83. The van der Waals surface area contributed by atoms with Gasteiger partial charge in [0.25, 0.3) is 0 Å². The molecule has 0 spiro atoms. The van der Waals surface area contributed by atoms with E-state index < -0.39 is 5.97 Å². The summed E-state index contributed by atoms with van der Waals surface area (Å²) in [5, 5.41) is 0. The van der Waals surface area contributed by atoms with E-state index in [2.05, 4.69) is 11.7 Å². The number of carbonyl (C=O) groups is 2. The predicted molar refractivity (Wildman–Crippen MR) is 89.4 cm³/mol. The molecule has 0 aliphatic carbocycles. The molecule has 0 amide bonds. The van der Waals surface area contributed by atoms with Crippen molar-refractivity contribution < 1.29 is 14.3 Å². The van der Waals surface area contributed by atoms with E-state index in [-0.39, 0.29) is 18.3 Å². The Morgan fingerprint density at radius 3 is 1.95 bits per heavy atom. The zero-order chi connectivity index (χ0) is 16.0. The lowest BCUT2D eigenvalue weighted by atomic mass is 10.0. The van der Waals surface area contributed by atoms with E-state index in [9.17, 15) is 9.59 Å². The molecule has 126 valence electrons. The molecule has 1 unspecified atom stereocenters. The first-order valence-corrected chi connectivity index (χ1v) is 9.15. The highest BCUT2D eigenvalue weighted by Crippen LogP contribution is 2.18. The molecule has 0 radical (unpaired) electrons. The van der Waals surface area contributed by atoms with Crippen LogP contribution in [0.5, 0.6) is 0 Å². The van der Waals surface area contributed by atoms with Crippen LogP contribution in [0, 0.1) is 5.92 Å². The van der Waals surface area contributed by atoms with E-state index in [1.165, 1.54) is 70.6 Å². The Kier molecular flexibility index (Phi) is 10.7. The summed E-state index contributed by atoms with van der Waals surface area (Å²) in [5.74, 6) is -1.12. The molecule has 3 heteroatoms. The van der Waals surface area contributed by atoms with Crippen molar-refractivity contribution in [1.29, 1.82) is 0 Å². The summed E-state index contributed by atoms with van der Waals surface area (Å²) < 4.78 is 4.51. The van der Waals surface area contributed by atoms with Crippen LogP contribution in [0.3, 0.4) is 0 Å². The lowest BCUT2D eigenvalue weighted by Crippen LogP contribution is -2.03. The number of esters is 2. The topological polar surface area (TPSA) is 43.4 Å². The highest BCUT2D eigenvalue weighted by Gasteiger charge is 2.30. The van der Waals surface area contributed by atoms with Crippen LogP contribution >= 0.6 is 0 Å². The first-order chi connectivity index (χ1) is 10.7. The Labute approximate surface area is 135 Å². The number of ether oxygens (including phenoxy) is 1. The first kappa shape index (κ1) is 18.9. The Hall–Kier alpha value is -1.12. The average molecular weight is 308 g/mol. The van der Waals surface area contributed by atoms with Crippen LogP contribution in [0.15, 0.2) is 12.2 Å². The summed E-state index contributed by atoms with van der Waals surface area (Å²) in [5.41, 5.74) is 0. The normalized spacial score (nSPS) is 18.3. The maximum Gasteiger partial charge on any atom is 0.321 e. The van der Waals surface area contributed by atoms with Gasteiger partial charge in [-0.25, -0.2) is 0 Å². The molecule has 1 rings (SSSR count). The highest BCUT2D eigenvalue weighted by atomic mass is 16.6. The van der Waals surface area contributed by atoms with Gasteiger partial charge in [0.05, 0.1) is 12.3 Å². The van der Waals surface area contributed by atoms with Gasteiger partial charge in [0, 0.05) is 0 Å². The maximum atomic E-state index is 11.2. The lowest BCUT2D eigenvalue weighted by Gasteiger charge is -2.02. The molecule has 0 aromatic carbocycles. The summed E-state index contributed by atoms with van der Waals surface area (Å²) in [6.07, 6.45) is 19.9. The fourth-order valence-corrected chi connectivity index (χ4v) is 2.83. The van der Waals surface area contributed by atoms with E-state index >= 15 is 0 Å². The third-order valence-electron chi connectivity index (χ3n) is 4.25. The summed E-state index contributed by atoms with van der Waals surface area (Å²) in [6, 6.07) is 0. The number of rotatable bonds is 13. The second kappa shape index (κ2) is 12.4. The minimum atomic E-state index is -0.394. The SMILES string of the molecule is CCCCCCCCCCCCC/C=C\C1CC(=O)OC1=O. The van der Waals surface area contributed by atoms with E-state index in [1.54, 1.807) is 0 Å². The molecular weight excluding hydrogens is 276 g/mol. The Bertz CT molecular complexity index is 347. The van der Waals surface area contributed by atoms with Crippen LogP contribution in [0.1, 0.15) is 90.4 Å². The molecule has 0 bridgehead atoms. The quantitative estimate of drug-likeness (QED) is 0.200. The van der Waals surface area contributed by atoms with Crippen molar-refractivity contribution in [1.82, 2.24) is 0 Å². The second-order valence-electron chi connectivity index (χ2n) is 6.36. The van der Waals surface area contributed by atoms with Gasteiger partial charge in [0.1, 0.15) is 0 Å². The first-order valence-electron chi connectivity index (χ1n) is 9.15. The molecule has 0 saturated carbocycles. The van der Waals surface area contributed by atoms with Crippen LogP contribution in [-0.4, -0.2) is 11.9 Å². The van der Waals surface area contributed by atoms with Crippen molar-refractivity contribution in [2.45, 2.75) is 90.4 Å². The smallest absolute Gasteiger partial charge is 0.321 e. The van der Waals surface area contributed by atoms with Crippen LogP contribution < -0.4 is 0 Å². The van der Waals surface area contributed by atoms with Gasteiger partial charge in [0.2, 0.25) is 0 Å². The molecule has 1 aliphatic rings. The molecule has 1 atom stereocenters. The van der Waals surface area contributed by atoms with Gasteiger partial charge in [-0.1, -0.05) is 83.3 Å². The van der Waals surface area contributed by atoms with E-state index in [0.717, 1.165) is 6.42 Å². The molecule has 22 heavy (non-hydrogen) atoms. The number of unbranched alkanes of at least 4 members (excludes halogenated alkanes) is 11. The Morgan fingerprint density at radius 2 is 1.45 bits per heavy atom. The van der Waals surface area contributed by atoms with E-state index in [4.69, 9.17) is 0 Å². The summed E-state index contributed by atoms with van der Waals surface area (Å²) in [4.78, 5) is 22.2. The van der Waals surface area contributed by atoms with Crippen LogP contribution in [-0.2, 0) is 14.3 Å². The highest BCUT2D eigenvalue weighted by molar-refractivity contribution is 5.95. The third-order valence-corrected chi connectivity index (χ3v) is 4.25. The van der Waals surface area contributed by atoms with Crippen molar-refractivity contribution in [3.05, 3.63) is 12.2 Å². The number of allylic oxidation sites excluding steroid dienone is 1. The van der Waals surface area contributed by atoms with Crippen LogP contribution in [0.4, 0.5) is 0 Å². The molecule has 1 fully saturated rings. The number of hydrogen-bond donors (Lipinski definition) is 0.